The molecule has 1 aromatic heterocycles. The van der Waals surface area contributed by atoms with Crippen LogP contribution in [0.4, 0.5) is 5.82 Å². The Kier molecular flexibility index (Phi) is 3.73. The molecule has 16 heavy (non-hydrogen) atoms. The lowest BCUT2D eigenvalue weighted by Crippen LogP contribution is -2.28. The Bertz CT molecular complexity index is 403. The van der Waals surface area contributed by atoms with E-state index in [-0.39, 0.29) is 11.0 Å². The molecule has 4 nitrogen and oxygen atoms in total. The van der Waals surface area contributed by atoms with E-state index in [0.29, 0.717) is 11.7 Å². The maximum Gasteiger partial charge on any atom is 0.293 e. The van der Waals surface area contributed by atoms with E-state index < -0.39 is 0 Å². The molecule has 0 amide bonds. The van der Waals surface area contributed by atoms with Gasteiger partial charge in [-0.25, -0.2) is 4.98 Å². The van der Waals surface area contributed by atoms with Crippen LogP contribution in [0.25, 0.3) is 0 Å². The summed E-state index contributed by atoms with van der Waals surface area (Å²) in [6.45, 7) is 9.50. The minimum atomic E-state index is -0.0800. The summed E-state index contributed by atoms with van der Waals surface area (Å²) in [4.78, 5) is 15.7. The predicted octanol–water partition coefficient (Wildman–Crippen LogP) is 1.87. The second kappa shape index (κ2) is 4.68. The molecule has 1 rings (SSSR count). The average Bonchev–Trinajstić information content (AvgIpc) is 2.18. The van der Waals surface area contributed by atoms with E-state index in [4.69, 9.17) is 0 Å². The van der Waals surface area contributed by atoms with Gasteiger partial charge in [0.15, 0.2) is 5.82 Å². The van der Waals surface area contributed by atoms with Gasteiger partial charge in [-0.3, -0.25) is 4.79 Å². The number of aryl methyl sites for hydroxylation is 1. The molecule has 1 atom stereocenters. The number of nitrogens with one attached hydrogen (secondary N) is 1. The third kappa shape index (κ3) is 3.08. The van der Waals surface area contributed by atoms with E-state index in [1.165, 1.54) is 4.57 Å². The molecule has 0 aliphatic rings. The van der Waals surface area contributed by atoms with Crippen LogP contribution in [-0.4, -0.2) is 16.1 Å². The molecule has 0 aliphatic heterocycles. The number of aromatic nitrogens is 2. The number of hydrogen-bond donors (Lipinski definition) is 1. The van der Waals surface area contributed by atoms with Gasteiger partial charge in [0.1, 0.15) is 0 Å². The van der Waals surface area contributed by atoms with E-state index in [1.807, 2.05) is 0 Å². The van der Waals surface area contributed by atoms with Crippen LogP contribution in [0, 0.1) is 11.3 Å². The molecule has 0 aromatic carbocycles. The van der Waals surface area contributed by atoms with Crippen molar-refractivity contribution < 1.29 is 0 Å². The molecule has 0 saturated carbocycles. The first-order chi connectivity index (χ1) is 7.32. The highest BCUT2D eigenvalue weighted by atomic mass is 16.1. The van der Waals surface area contributed by atoms with Crippen LogP contribution >= 0.6 is 0 Å². The Morgan fingerprint density at radius 2 is 2.12 bits per heavy atom. The van der Waals surface area contributed by atoms with Crippen LogP contribution in [0.2, 0.25) is 0 Å². The maximum absolute atomic E-state index is 11.7. The Morgan fingerprint density at radius 1 is 1.50 bits per heavy atom. The van der Waals surface area contributed by atoms with Gasteiger partial charge in [-0.05, 0) is 11.3 Å². The fraction of sp³-hybridized carbons (Fsp3) is 0.667. The van der Waals surface area contributed by atoms with Gasteiger partial charge in [-0.2, -0.15) is 0 Å². The number of anilines is 1. The molecule has 0 bridgehead atoms. The summed E-state index contributed by atoms with van der Waals surface area (Å²) in [5.74, 6) is 0.903. The van der Waals surface area contributed by atoms with Gasteiger partial charge < -0.3 is 9.88 Å². The summed E-state index contributed by atoms with van der Waals surface area (Å²) in [5, 5.41) is 3.12. The number of rotatable bonds is 3. The van der Waals surface area contributed by atoms with Gasteiger partial charge >= 0.3 is 0 Å². The summed E-state index contributed by atoms with van der Waals surface area (Å²) in [6.07, 6.45) is 3.28. The molecule has 1 heterocycles. The molecule has 0 saturated heterocycles. The van der Waals surface area contributed by atoms with Crippen molar-refractivity contribution in [2.24, 2.45) is 18.4 Å². The summed E-state index contributed by atoms with van der Waals surface area (Å²) >= 11 is 0. The van der Waals surface area contributed by atoms with Gasteiger partial charge in [0.25, 0.3) is 5.56 Å². The normalized spacial score (nSPS) is 13.6. The predicted molar refractivity (Wildman–Crippen MR) is 66.6 cm³/mol. The lowest BCUT2D eigenvalue weighted by atomic mass is 9.82. The largest absolute Gasteiger partial charge is 0.365 e. The fourth-order valence-corrected chi connectivity index (χ4v) is 1.18. The van der Waals surface area contributed by atoms with E-state index in [9.17, 15) is 4.79 Å². The molecular weight excluding hydrogens is 202 g/mol. The standard InChI is InChI=1S/C12H21N3O/c1-9(12(2,3)4)8-14-10-11(16)15(5)7-6-13-10/h6-7,9H,8H2,1-5H3,(H,13,14). The highest BCUT2D eigenvalue weighted by Gasteiger charge is 2.19. The first-order valence-electron chi connectivity index (χ1n) is 5.58. The van der Waals surface area contributed by atoms with Crippen molar-refractivity contribution in [2.75, 3.05) is 11.9 Å². The second-order valence-corrected chi connectivity index (χ2v) is 5.34. The monoisotopic (exact) mass is 223 g/mol. The Morgan fingerprint density at radius 3 is 2.69 bits per heavy atom. The van der Waals surface area contributed by atoms with Crippen molar-refractivity contribution >= 4 is 5.82 Å². The first-order valence-corrected chi connectivity index (χ1v) is 5.58. The third-order valence-electron chi connectivity index (χ3n) is 3.07. The topological polar surface area (TPSA) is 46.9 Å². The smallest absolute Gasteiger partial charge is 0.293 e. The van der Waals surface area contributed by atoms with Crippen molar-refractivity contribution in [1.82, 2.24) is 9.55 Å². The molecule has 1 aromatic rings. The molecule has 0 aliphatic carbocycles. The Labute approximate surface area is 96.7 Å². The van der Waals surface area contributed by atoms with Crippen molar-refractivity contribution in [1.29, 1.82) is 0 Å². The zero-order chi connectivity index (χ0) is 12.3. The molecule has 0 fully saturated rings. The van der Waals surface area contributed by atoms with Gasteiger partial charge in [-0.15, -0.1) is 0 Å². The van der Waals surface area contributed by atoms with Crippen LogP contribution in [0.5, 0.6) is 0 Å². The average molecular weight is 223 g/mol. The summed E-state index contributed by atoms with van der Waals surface area (Å²) < 4.78 is 1.52. The zero-order valence-electron chi connectivity index (χ0n) is 10.7. The molecule has 1 unspecified atom stereocenters. The lowest BCUT2D eigenvalue weighted by molar-refractivity contribution is 0.274. The van der Waals surface area contributed by atoms with Gasteiger partial charge in [0.05, 0.1) is 0 Å². The minimum Gasteiger partial charge on any atom is -0.365 e. The van der Waals surface area contributed by atoms with Crippen molar-refractivity contribution in [3.8, 4) is 0 Å². The fourth-order valence-electron chi connectivity index (χ4n) is 1.18. The zero-order valence-corrected chi connectivity index (χ0v) is 10.7. The van der Waals surface area contributed by atoms with Crippen molar-refractivity contribution in [3.63, 3.8) is 0 Å². The molecule has 0 spiro atoms. The van der Waals surface area contributed by atoms with Gasteiger partial charge in [0, 0.05) is 26.0 Å². The first kappa shape index (κ1) is 12.7. The van der Waals surface area contributed by atoms with Crippen LogP contribution in [0.1, 0.15) is 27.7 Å². The highest BCUT2D eigenvalue weighted by molar-refractivity contribution is 5.30. The van der Waals surface area contributed by atoms with Crippen LogP contribution in [-0.2, 0) is 7.05 Å². The second-order valence-electron chi connectivity index (χ2n) is 5.34. The number of hydrogen-bond acceptors (Lipinski definition) is 3. The van der Waals surface area contributed by atoms with Gasteiger partial charge in [-0.1, -0.05) is 27.7 Å². The third-order valence-corrected chi connectivity index (χ3v) is 3.07. The molecule has 1 N–H and O–H groups in total. The molecule has 4 heteroatoms. The van der Waals surface area contributed by atoms with E-state index >= 15 is 0 Å². The summed E-state index contributed by atoms with van der Waals surface area (Å²) in [6, 6.07) is 0. The van der Waals surface area contributed by atoms with E-state index in [1.54, 1.807) is 19.4 Å². The van der Waals surface area contributed by atoms with Crippen LogP contribution in [0.3, 0.4) is 0 Å². The minimum absolute atomic E-state index is 0.0800. The lowest BCUT2D eigenvalue weighted by Gasteiger charge is -2.27. The van der Waals surface area contributed by atoms with Crippen LogP contribution < -0.4 is 10.9 Å². The van der Waals surface area contributed by atoms with Gasteiger partial charge in [0.2, 0.25) is 0 Å². The highest BCUT2D eigenvalue weighted by Crippen LogP contribution is 2.24. The SMILES string of the molecule is CC(CNc1nccn(C)c1=O)C(C)(C)C. The van der Waals surface area contributed by atoms with Crippen molar-refractivity contribution in [2.45, 2.75) is 27.7 Å². The molecular formula is C12H21N3O. The van der Waals surface area contributed by atoms with Crippen molar-refractivity contribution in [3.05, 3.63) is 22.7 Å². The maximum atomic E-state index is 11.7. The van der Waals surface area contributed by atoms with E-state index in [2.05, 4.69) is 38.0 Å². The molecule has 90 valence electrons. The molecule has 0 radical (unpaired) electrons. The summed E-state index contributed by atoms with van der Waals surface area (Å²) in [5.41, 5.74) is 0.149. The summed E-state index contributed by atoms with van der Waals surface area (Å²) in [7, 11) is 1.72. The number of nitrogens with zero attached hydrogens (tertiary/aromatic N) is 2. The van der Waals surface area contributed by atoms with Crippen LogP contribution in [0.15, 0.2) is 17.2 Å². The van der Waals surface area contributed by atoms with E-state index in [0.717, 1.165) is 6.54 Å². The Balaban J connectivity index is 2.69. The Hall–Kier alpha value is -1.32. The quantitative estimate of drug-likeness (QED) is 0.851.